The molecule has 4 heteroatoms. The second-order valence-electron chi connectivity index (χ2n) is 5.09. The fourth-order valence-electron chi connectivity index (χ4n) is 2.68. The van der Waals surface area contributed by atoms with E-state index in [1.807, 2.05) is 37.3 Å². The summed E-state index contributed by atoms with van der Waals surface area (Å²) in [5.74, 6) is -0.00426. The normalized spacial score (nSPS) is 24.1. The van der Waals surface area contributed by atoms with Gasteiger partial charge in [0.25, 0.3) is 0 Å². The monoisotopic (exact) mass is 262 g/mol. The third kappa shape index (κ3) is 2.96. The number of aliphatic hydroxyl groups excluding tert-OH is 1. The maximum Gasteiger partial charge on any atom is 0.240 e. The van der Waals surface area contributed by atoms with Crippen LogP contribution in [0.1, 0.15) is 37.8 Å². The van der Waals surface area contributed by atoms with Crippen molar-refractivity contribution >= 4 is 5.91 Å². The van der Waals surface area contributed by atoms with Gasteiger partial charge < -0.3 is 15.7 Å². The third-order valence-electron chi connectivity index (χ3n) is 3.97. The molecule has 0 aliphatic carbocycles. The van der Waals surface area contributed by atoms with Crippen LogP contribution in [0.4, 0.5) is 0 Å². The van der Waals surface area contributed by atoms with Crippen LogP contribution in [-0.4, -0.2) is 29.7 Å². The number of hydrogen-bond acceptors (Lipinski definition) is 3. The van der Waals surface area contributed by atoms with E-state index in [-0.39, 0.29) is 18.6 Å². The van der Waals surface area contributed by atoms with Crippen LogP contribution in [0.25, 0.3) is 0 Å². The number of rotatable bonds is 5. The van der Waals surface area contributed by atoms with Gasteiger partial charge in [-0.15, -0.1) is 0 Å². The molecule has 1 heterocycles. The molecule has 1 saturated heterocycles. The summed E-state index contributed by atoms with van der Waals surface area (Å²) in [6, 6.07) is 9.25. The smallest absolute Gasteiger partial charge is 0.240 e. The van der Waals surface area contributed by atoms with Crippen molar-refractivity contribution in [2.24, 2.45) is 0 Å². The van der Waals surface area contributed by atoms with Gasteiger partial charge in [0.15, 0.2) is 0 Å². The molecule has 1 aliphatic rings. The number of benzene rings is 1. The predicted octanol–water partition coefficient (Wildman–Crippen LogP) is 1.37. The Balaban J connectivity index is 2.08. The first-order chi connectivity index (χ1) is 9.22. The Bertz CT molecular complexity index is 413. The summed E-state index contributed by atoms with van der Waals surface area (Å²) in [5.41, 5.74) is 0.477. The summed E-state index contributed by atoms with van der Waals surface area (Å²) in [4.78, 5) is 12.5. The zero-order chi connectivity index (χ0) is 13.7. The first kappa shape index (κ1) is 14.0. The number of carbonyl (C=O) groups is 1. The van der Waals surface area contributed by atoms with Gasteiger partial charge in [0.05, 0.1) is 18.2 Å². The highest BCUT2D eigenvalue weighted by molar-refractivity contribution is 5.87. The minimum atomic E-state index is -0.456. The molecule has 104 valence electrons. The van der Waals surface area contributed by atoms with E-state index in [0.717, 1.165) is 31.4 Å². The Morgan fingerprint density at radius 1 is 1.47 bits per heavy atom. The van der Waals surface area contributed by atoms with Crippen LogP contribution < -0.4 is 10.6 Å². The second kappa shape index (κ2) is 6.17. The van der Waals surface area contributed by atoms with Crippen LogP contribution in [-0.2, 0) is 4.79 Å². The topological polar surface area (TPSA) is 61.4 Å². The summed E-state index contributed by atoms with van der Waals surface area (Å²) < 4.78 is 0. The van der Waals surface area contributed by atoms with Gasteiger partial charge in [0, 0.05) is 0 Å². The maximum absolute atomic E-state index is 12.5. The molecule has 3 N–H and O–H groups in total. The lowest BCUT2D eigenvalue weighted by Gasteiger charge is -2.29. The Morgan fingerprint density at radius 2 is 2.21 bits per heavy atom. The van der Waals surface area contributed by atoms with E-state index in [4.69, 9.17) is 0 Å². The first-order valence-electron chi connectivity index (χ1n) is 6.93. The minimum absolute atomic E-state index is 0.00426. The van der Waals surface area contributed by atoms with Crippen LogP contribution in [0.3, 0.4) is 0 Å². The lowest BCUT2D eigenvalue weighted by atomic mass is 9.92. The Morgan fingerprint density at radius 3 is 2.74 bits per heavy atom. The summed E-state index contributed by atoms with van der Waals surface area (Å²) in [6.07, 6.45) is 2.66. The summed E-state index contributed by atoms with van der Waals surface area (Å²) in [5, 5.41) is 15.8. The average Bonchev–Trinajstić information content (AvgIpc) is 2.95. The van der Waals surface area contributed by atoms with Gasteiger partial charge >= 0.3 is 0 Å². The van der Waals surface area contributed by atoms with E-state index < -0.39 is 5.54 Å². The summed E-state index contributed by atoms with van der Waals surface area (Å²) in [7, 11) is 0. The predicted molar refractivity (Wildman–Crippen MR) is 74.7 cm³/mol. The van der Waals surface area contributed by atoms with Gasteiger partial charge in [0.2, 0.25) is 5.91 Å². The highest BCUT2D eigenvalue weighted by atomic mass is 16.3. The lowest BCUT2D eigenvalue weighted by Crippen LogP contribution is -2.54. The van der Waals surface area contributed by atoms with Crippen molar-refractivity contribution in [2.45, 2.75) is 37.8 Å². The van der Waals surface area contributed by atoms with Gasteiger partial charge in [-0.05, 0) is 31.4 Å². The first-order valence-corrected chi connectivity index (χ1v) is 6.93. The standard InChI is InChI=1S/C15H22N2O2/c1-2-15(9-6-10-16-15)14(19)17-13(11-18)12-7-4-3-5-8-12/h3-5,7-8,13,16,18H,2,6,9-11H2,1H3,(H,17,19)/t13-,15?/m0/s1. The molecule has 0 aromatic heterocycles. The highest BCUT2D eigenvalue weighted by Crippen LogP contribution is 2.24. The van der Waals surface area contributed by atoms with E-state index in [0.29, 0.717) is 0 Å². The van der Waals surface area contributed by atoms with Gasteiger partial charge in [-0.1, -0.05) is 37.3 Å². The molecule has 1 amide bonds. The molecule has 0 radical (unpaired) electrons. The maximum atomic E-state index is 12.5. The zero-order valence-electron chi connectivity index (χ0n) is 11.4. The fourth-order valence-corrected chi connectivity index (χ4v) is 2.68. The van der Waals surface area contributed by atoms with Crippen molar-refractivity contribution in [3.8, 4) is 0 Å². The molecule has 4 nitrogen and oxygen atoms in total. The van der Waals surface area contributed by atoms with Gasteiger partial charge in [0.1, 0.15) is 0 Å². The Labute approximate surface area is 114 Å². The molecular weight excluding hydrogens is 240 g/mol. The number of carbonyl (C=O) groups excluding carboxylic acids is 1. The molecule has 1 aromatic rings. The van der Waals surface area contributed by atoms with Crippen LogP contribution in [0.2, 0.25) is 0 Å². The Hall–Kier alpha value is -1.39. The molecule has 0 bridgehead atoms. The van der Waals surface area contributed by atoms with Gasteiger partial charge in [-0.2, -0.15) is 0 Å². The van der Waals surface area contributed by atoms with Crippen molar-refractivity contribution in [3.05, 3.63) is 35.9 Å². The van der Waals surface area contributed by atoms with Crippen molar-refractivity contribution < 1.29 is 9.90 Å². The highest BCUT2D eigenvalue weighted by Gasteiger charge is 2.39. The molecule has 1 unspecified atom stereocenters. The molecule has 1 fully saturated rings. The van der Waals surface area contributed by atoms with E-state index in [2.05, 4.69) is 10.6 Å². The summed E-state index contributed by atoms with van der Waals surface area (Å²) in [6.45, 7) is 2.82. The molecule has 19 heavy (non-hydrogen) atoms. The van der Waals surface area contributed by atoms with Crippen LogP contribution >= 0.6 is 0 Å². The number of amides is 1. The van der Waals surface area contributed by atoms with Crippen LogP contribution in [0.5, 0.6) is 0 Å². The quantitative estimate of drug-likeness (QED) is 0.751. The lowest BCUT2D eigenvalue weighted by molar-refractivity contribution is -0.128. The van der Waals surface area contributed by atoms with E-state index in [1.165, 1.54) is 0 Å². The van der Waals surface area contributed by atoms with Crippen molar-refractivity contribution in [1.29, 1.82) is 0 Å². The third-order valence-corrected chi connectivity index (χ3v) is 3.97. The molecule has 0 spiro atoms. The van der Waals surface area contributed by atoms with Crippen molar-refractivity contribution in [2.75, 3.05) is 13.2 Å². The number of nitrogens with one attached hydrogen (secondary N) is 2. The SMILES string of the molecule is CCC1(C(=O)N[C@@H](CO)c2ccccc2)CCCN1. The van der Waals surface area contributed by atoms with E-state index in [1.54, 1.807) is 0 Å². The minimum Gasteiger partial charge on any atom is -0.394 e. The molecule has 1 aromatic carbocycles. The second-order valence-corrected chi connectivity index (χ2v) is 5.09. The van der Waals surface area contributed by atoms with Crippen LogP contribution in [0.15, 0.2) is 30.3 Å². The molecule has 1 aliphatic heterocycles. The van der Waals surface area contributed by atoms with Crippen molar-refractivity contribution in [1.82, 2.24) is 10.6 Å². The van der Waals surface area contributed by atoms with E-state index >= 15 is 0 Å². The van der Waals surface area contributed by atoms with E-state index in [9.17, 15) is 9.90 Å². The number of aliphatic hydroxyl groups is 1. The van der Waals surface area contributed by atoms with Crippen molar-refractivity contribution in [3.63, 3.8) is 0 Å². The molecule has 0 saturated carbocycles. The molecule has 2 rings (SSSR count). The average molecular weight is 262 g/mol. The van der Waals surface area contributed by atoms with Gasteiger partial charge in [-0.25, -0.2) is 0 Å². The summed E-state index contributed by atoms with van der Waals surface area (Å²) >= 11 is 0. The zero-order valence-corrected chi connectivity index (χ0v) is 11.4. The fraction of sp³-hybridized carbons (Fsp3) is 0.533. The Kier molecular flexibility index (Phi) is 4.56. The molecular formula is C15H22N2O2. The molecule has 2 atom stereocenters. The number of hydrogen-bond donors (Lipinski definition) is 3. The largest absolute Gasteiger partial charge is 0.394 e. The van der Waals surface area contributed by atoms with Crippen LogP contribution in [0, 0.1) is 0 Å². The van der Waals surface area contributed by atoms with Gasteiger partial charge in [-0.3, -0.25) is 4.79 Å².